The lowest BCUT2D eigenvalue weighted by atomic mass is 9.96. The lowest BCUT2D eigenvalue weighted by Crippen LogP contribution is -2.11. The number of para-hydroxylation sites is 2. The Bertz CT molecular complexity index is 3230. The molecule has 262 valence electrons. The summed E-state index contributed by atoms with van der Waals surface area (Å²) in [5.41, 5.74) is 12.2. The highest BCUT2D eigenvalue weighted by molar-refractivity contribution is 6.11. The number of hydrogen-bond donors (Lipinski definition) is 0. The summed E-state index contributed by atoms with van der Waals surface area (Å²) in [5.74, 6) is 0. The van der Waals surface area contributed by atoms with Crippen LogP contribution in [0.15, 0.2) is 217 Å². The van der Waals surface area contributed by atoms with Gasteiger partial charge in [-0.2, -0.15) is 0 Å². The number of furan rings is 1. The predicted molar refractivity (Wildman–Crippen MR) is 237 cm³/mol. The second kappa shape index (κ2) is 13.2. The Hall–Kier alpha value is -7.42. The summed E-state index contributed by atoms with van der Waals surface area (Å²) in [5, 5.41) is 9.69. The third-order valence-corrected chi connectivity index (χ3v) is 11.2. The van der Waals surface area contributed by atoms with E-state index in [0.717, 1.165) is 55.5 Å². The second-order valence-electron chi connectivity index (χ2n) is 14.5. The van der Waals surface area contributed by atoms with E-state index in [4.69, 9.17) is 4.42 Å². The van der Waals surface area contributed by atoms with E-state index in [1.54, 1.807) is 0 Å². The molecule has 11 aromatic rings. The van der Waals surface area contributed by atoms with Crippen LogP contribution in [0.2, 0.25) is 0 Å². The van der Waals surface area contributed by atoms with Crippen LogP contribution < -0.4 is 4.90 Å². The van der Waals surface area contributed by atoms with Gasteiger partial charge in [0.25, 0.3) is 0 Å². The van der Waals surface area contributed by atoms with Crippen molar-refractivity contribution >= 4 is 71.3 Å². The van der Waals surface area contributed by atoms with Crippen LogP contribution in [0.3, 0.4) is 0 Å². The molecule has 0 saturated heterocycles. The molecule has 0 saturated carbocycles. The zero-order valence-electron chi connectivity index (χ0n) is 30.6. The number of fused-ring (bicyclic) bond motifs is 7. The first-order chi connectivity index (χ1) is 27.7. The molecule has 0 bridgehead atoms. The van der Waals surface area contributed by atoms with Crippen LogP contribution in [0.25, 0.3) is 87.6 Å². The molecule has 0 aliphatic heterocycles. The molecule has 1 aromatic heterocycles. The molecule has 0 aliphatic carbocycles. The summed E-state index contributed by atoms with van der Waals surface area (Å²) < 4.78 is 6.22. The SMILES string of the molecule is c1ccc(-c2ccc(N(c3ccc(-c4ccc5c(ccc6ccccc65)c4)cc3)c3ccccc3-c3ccc4cc5oc6ccccc6c5cc4c3)cc2)cc1. The molecular formula is C54H35NO. The van der Waals surface area contributed by atoms with Crippen molar-refractivity contribution in [3.8, 4) is 33.4 Å². The summed E-state index contributed by atoms with van der Waals surface area (Å²) in [6, 6.07) is 76.6. The fourth-order valence-corrected chi connectivity index (χ4v) is 8.41. The minimum atomic E-state index is 0.914. The molecule has 2 nitrogen and oxygen atoms in total. The van der Waals surface area contributed by atoms with Gasteiger partial charge in [-0.15, -0.1) is 0 Å². The molecule has 0 radical (unpaired) electrons. The van der Waals surface area contributed by atoms with Crippen LogP contribution in [0.4, 0.5) is 17.1 Å². The van der Waals surface area contributed by atoms with Gasteiger partial charge in [-0.1, -0.05) is 152 Å². The van der Waals surface area contributed by atoms with Crippen LogP contribution in [0.1, 0.15) is 0 Å². The van der Waals surface area contributed by atoms with Crippen LogP contribution in [0.5, 0.6) is 0 Å². The Morgan fingerprint density at radius 3 is 1.68 bits per heavy atom. The molecule has 0 fully saturated rings. The molecule has 0 unspecified atom stereocenters. The average molecular weight is 714 g/mol. The van der Waals surface area contributed by atoms with Gasteiger partial charge in [-0.25, -0.2) is 0 Å². The van der Waals surface area contributed by atoms with Gasteiger partial charge in [0.2, 0.25) is 0 Å². The number of hydrogen-bond acceptors (Lipinski definition) is 2. The van der Waals surface area contributed by atoms with E-state index in [1.807, 2.05) is 12.1 Å². The number of anilines is 3. The van der Waals surface area contributed by atoms with Crippen molar-refractivity contribution in [2.75, 3.05) is 4.90 Å². The Kier molecular flexibility index (Phi) is 7.53. The van der Waals surface area contributed by atoms with Gasteiger partial charge in [0.1, 0.15) is 11.2 Å². The summed E-state index contributed by atoms with van der Waals surface area (Å²) in [4.78, 5) is 2.39. The Balaban J connectivity index is 1.03. The monoisotopic (exact) mass is 713 g/mol. The molecule has 0 spiro atoms. The zero-order valence-corrected chi connectivity index (χ0v) is 30.6. The van der Waals surface area contributed by atoms with E-state index < -0.39 is 0 Å². The Morgan fingerprint density at radius 2 is 0.857 bits per heavy atom. The van der Waals surface area contributed by atoms with Crippen molar-refractivity contribution < 1.29 is 4.42 Å². The van der Waals surface area contributed by atoms with E-state index in [-0.39, 0.29) is 0 Å². The molecule has 0 N–H and O–H groups in total. The van der Waals surface area contributed by atoms with Gasteiger partial charge < -0.3 is 9.32 Å². The van der Waals surface area contributed by atoms with Gasteiger partial charge in [0.05, 0.1) is 5.69 Å². The Morgan fingerprint density at radius 1 is 0.286 bits per heavy atom. The third kappa shape index (κ3) is 5.51. The van der Waals surface area contributed by atoms with Crippen LogP contribution >= 0.6 is 0 Å². The number of rotatable bonds is 6. The first kappa shape index (κ1) is 32.0. The van der Waals surface area contributed by atoms with Crippen molar-refractivity contribution in [1.82, 2.24) is 0 Å². The predicted octanol–water partition coefficient (Wildman–Crippen LogP) is 15.5. The number of benzene rings is 10. The second-order valence-corrected chi connectivity index (χ2v) is 14.5. The van der Waals surface area contributed by atoms with Gasteiger partial charge in [0, 0.05) is 27.7 Å². The first-order valence-corrected chi connectivity index (χ1v) is 19.2. The summed E-state index contributed by atoms with van der Waals surface area (Å²) in [7, 11) is 0. The van der Waals surface area contributed by atoms with E-state index in [0.29, 0.717) is 0 Å². The van der Waals surface area contributed by atoms with Crippen molar-refractivity contribution in [2.24, 2.45) is 0 Å². The average Bonchev–Trinajstić information content (AvgIpc) is 3.63. The quantitative estimate of drug-likeness (QED) is 0.160. The molecule has 10 aromatic carbocycles. The minimum Gasteiger partial charge on any atom is -0.456 e. The molecule has 1 heterocycles. The molecule has 11 rings (SSSR count). The first-order valence-electron chi connectivity index (χ1n) is 19.2. The highest BCUT2D eigenvalue weighted by Crippen LogP contribution is 2.43. The fraction of sp³-hybridized carbons (Fsp3) is 0. The van der Waals surface area contributed by atoms with Crippen molar-refractivity contribution in [2.45, 2.75) is 0 Å². The third-order valence-electron chi connectivity index (χ3n) is 11.2. The van der Waals surface area contributed by atoms with Crippen LogP contribution in [-0.4, -0.2) is 0 Å². The molecule has 0 aliphatic rings. The molecule has 56 heavy (non-hydrogen) atoms. The van der Waals surface area contributed by atoms with Crippen molar-refractivity contribution in [3.05, 3.63) is 212 Å². The Labute approximate surface area is 325 Å². The molecule has 0 atom stereocenters. The van der Waals surface area contributed by atoms with E-state index in [9.17, 15) is 0 Å². The fourth-order valence-electron chi connectivity index (χ4n) is 8.41. The maximum atomic E-state index is 6.22. The van der Waals surface area contributed by atoms with Crippen LogP contribution in [0, 0.1) is 0 Å². The maximum absolute atomic E-state index is 6.22. The standard InChI is InChI=1S/C54H35NO/c1-2-10-36(11-3-1)37-22-27-45(28-23-37)55(46-29-24-38(25-30-46)40-26-31-48-42(32-40)20-18-39-12-4-5-13-47(39)48)52-16-8-6-14-49(52)43-21-19-41-35-54-51(34-44(41)33-43)50-15-7-9-17-53(50)56-54/h1-35H. The summed E-state index contributed by atoms with van der Waals surface area (Å²) >= 11 is 0. The zero-order chi connectivity index (χ0) is 37.0. The topological polar surface area (TPSA) is 16.4 Å². The van der Waals surface area contributed by atoms with Gasteiger partial charge in [-0.3, -0.25) is 0 Å². The number of nitrogens with zero attached hydrogens (tertiary/aromatic N) is 1. The minimum absolute atomic E-state index is 0.914. The lowest BCUT2D eigenvalue weighted by Gasteiger charge is -2.28. The van der Waals surface area contributed by atoms with Crippen molar-refractivity contribution in [3.63, 3.8) is 0 Å². The van der Waals surface area contributed by atoms with Gasteiger partial charge >= 0.3 is 0 Å². The molecule has 0 amide bonds. The highest BCUT2D eigenvalue weighted by atomic mass is 16.3. The summed E-state index contributed by atoms with van der Waals surface area (Å²) in [6.45, 7) is 0. The smallest absolute Gasteiger partial charge is 0.136 e. The molecule has 2 heteroatoms. The largest absolute Gasteiger partial charge is 0.456 e. The maximum Gasteiger partial charge on any atom is 0.136 e. The highest BCUT2D eigenvalue weighted by Gasteiger charge is 2.18. The van der Waals surface area contributed by atoms with E-state index in [2.05, 4.69) is 205 Å². The van der Waals surface area contributed by atoms with E-state index in [1.165, 1.54) is 49.2 Å². The normalized spacial score (nSPS) is 11.6. The van der Waals surface area contributed by atoms with Gasteiger partial charge in [-0.05, 0) is 121 Å². The van der Waals surface area contributed by atoms with Gasteiger partial charge in [0.15, 0.2) is 0 Å². The van der Waals surface area contributed by atoms with E-state index >= 15 is 0 Å². The lowest BCUT2D eigenvalue weighted by molar-refractivity contribution is 0.669. The summed E-state index contributed by atoms with van der Waals surface area (Å²) in [6.07, 6.45) is 0. The van der Waals surface area contributed by atoms with Crippen LogP contribution in [-0.2, 0) is 0 Å². The van der Waals surface area contributed by atoms with Crippen molar-refractivity contribution in [1.29, 1.82) is 0 Å². The molecular weight excluding hydrogens is 679 g/mol.